The van der Waals surface area contributed by atoms with Gasteiger partial charge in [0.2, 0.25) is 11.8 Å². The zero-order chi connectivity index (χ0) is 23.1. The van der Waals surface area contributed by atoms with Crippen molar-refractivity contribution >= 4 is 58.4 Å². The molecule has 0 radical (unpaired) electrons. The third kappa shape index (κ3) is 7.05. The Bertz CT molecular complexity index is 951. The van der Waals surface area contributed by atoms with Gasteiger partial charge < -0.3 is 10.2 Å². The van der Waals surface area contributed by atoms with Crippen LogP contribution in [0.5, 0.6) is 0 Å². The van der Waals surface area contributed by atoms with Gasteiger partial charge in [0.15, 0.2) is 0 Å². The van der Waals surface area contributed by atoms with Crippen LogP contribution in [0, 0.1) is 0 Å². The molecular formula is C24H27Cl3N2O2S. The van der Waals surface area contributed by atoms with Gasteiger partial charge >= 0.3 is 0 Å². The lowest BCUT2D eigenvalue weighted by Gasteiger charge is -2.30. The van der Waals surface area contributed by atoms with Crippen LogP contribution in [0.4, 0.5) is 0 Å². The Morgan fingerprint density at radius 1 is 1.06 bits per heavy atom. The molecule has 3 rings (SSSR count). The van der Waals surface area contributed by atoms with E-state index < -0.39 is 6.04 Å². The fourth-order valence-corrected chi connectivity index (χ4v) is 5.42. The third-order valence-electron chi connectivity index (χ3n) is 5.67. The van der Waals surface area contributed by atoms with Gasteiger partial charge in [-0.25, -0.2) is 0 Å². The van der Waals surface area contributed by atoms with Gasteiger partial charge in [-0.3, -0.25) is 9.59 Å². The molecule has 1 fully saturated rings. The number of thioether (sulfide) groups is 1. The van der Waals surface area contributed by atoms with Gasteiger partial charge in [-0.1, -0.05) is 71.9 Å². The summed E-state index contributed by atoms with van der Waals surface area (Å²) in [6.07, 6.45) is 4.23. The lowest BCUT2D eigenvalue weighted by molar-refractivity contribution is -0.138. The average molecular weight is 514 g/mol. The molecule has 2 aromatic rings. The summed E-state index contributed by atoms with van der Waals surface area (Å²) in [5.41, 5.74) is 1.73. The minimum atomic E-state index is -0.615. The minimum Gasteiger partial charge on any atom is -0.352 e. The molecule has 4 nitrogen and oxygen atoms in total. The van der Waals surface area contributed by atoms with E-state index >= 15 is 0 Å². The van der Waals surface area contributed by atoms with Gasteiger partial charge in [0.05, 0.1) is 5.75 Å². The molecule has 1 aliphatic rings. The van der Waals surface area contributed by atoms with Gasteiger partial charge in [0.1, 0.15) is 6.04 Å². The summed E-state index contributed by atoms with van der Waals surface area (Å²) in [6.45, 7) is 2.01. The van der Waals surface area contributed by atoms with E-state index in [0.29, 0.717) is 20.8 Å². The van der Waals surface area contributed by atoms with Crippen molar-refractivity contribution in [2.24, 2.45) is 0 Å². The quantitative estimate of drug-likeness (QED) is 0.425. The molecular weight excluding hydrogens is 487 g/mol. The van der Waals surface area contributed by atoms with E-state index in [4.69, 9.17) is 34.8 Å². The summed E-state index contributed by atoms with van der Waals surface area (Å²) in [5.74, 6) is 0.592. The van der Waals surface area contributed by atoms with Crippen molar-refractivity contribution in [1.82, 2.24) is 10.2 Å². The molecule has 8 heteroatoms. The third-order valence-corrected chi connectivity index (χ3v) is 7.59. The van der Waals surface area contributed by atoms with Crippen molar-refractivity contribution in [3.05, 3.63) is 68.7 Å². The summed E-state index contributed by atoms with van der Waals surface area (Å²) < 4.78 is 0. The van der Waals surface area contributed by atoms with Crippen molar-refractivity contribution in [3.8, 4) is 0 Å². The Kier molecular flexibility index (Phi) is 9.60. The maximum atomic E-state index is 13.2. The first kappa shape index (κ1) is 25.2. The lowest BCUT2D eigenvalue weighted by Crippen LogP contribution is -2.50. The van der Waals surface area contributed by atoms with Crippen LogP contribution in [0.2, 0.25) is 15.1 Å². The van der Waals surface area contributed by atoms with Crippen molar-refractivity contribution in [1.29, 1.82) is 0 Å². The number of hydrogen-bond donors (Lipinski definition) is 1. The van der Waals surface area contributed by atoms with Gasteiger partial charge in [0.25, 0.3) is 0 Å². The molecule has 32 heavy (non-hydrogen) atoms. The predicted molar refractivity (Wildman–Crippen MR) is 134 cm³/mol. The van der Waals surface area contributed by atoms with Gasteiger partial charge in [-0.15, -0.1) is 11.8 Å². The number of halogens is 3. The zero-order valence-electron chi connectivity index (χ0n) is 18.0. The highest BCUT2D eigenvalue weighted by molar-refractivity contribution is 7.99. The fraction of sp³-hybridized carbons (Fsp3) is 0.417. The second-order valence-electron chi connectivity index (χ2n) is 8.01. The number of carbonyl (C=O) groups is 2. The SMILES string of the molecule is CC(C(=O)NC1CCCC1)N(Cc1ccc(Cl)cc1Cl)C(=O)CSCc1ccccc1Cl. The van der Waals surface area contributed by atoms with Crippen LogP contribution in [0.25, 0.3) is 0 Å². The maximum Gasteiger partial charge on any atom is 0.242 e. The normalized spacial score (nSPS) is 14.9. The van der Waals surface area contributed by atoms with Crippen LogP contribution < -0.4 is 5.32 Å². The average Bonchev–Trinajstić information content (AvgIpc) is 3.27. The minimum absolute atomic E-state index is 0.123. The molecule has 172 valence electrons. The van der Waals surface area contributed by atoms with Crippen LogP contribution in [-0.2, 0) is 21.9 Å². The Hall–Kier alpha value is -1.40. The lowest BCUT2D eigenvalue weighted by atomic mass is 10.1. The molecule has 1 saturated carbocycles. The van der Waals surface area contributed by atoms with E-state index in [2.05, 4.69) is 5.32 Å². The Morgan fingerprint density at radius 2 is 1.78 bits per heavy atom. The summed E-state index contributed by atoms with van der Waals surface area (Å²) in [4.78, 5) is 27.7. The molecule has 0 aromatic heterocycles. The van der Waals surface area contributed by atoms with Gasteiger partial charge in [0, 0.05) is 33.4 Å². The Labute approximate surface area is 209 Å². The monoisotopic (exact) mass is 512 g/mol. The fourth-order valence-electron chi connectivity index (χ4n) is 3.75. The van der Waals surface area contributed by atoms with Crippen molar-refractivity contribution in [2.45, 2.75) is 57.0 Å². The molecule has 2 aromatic carbocycles. The highest BCUT2D eigenvalue weighted by atomic mass is 35.5. The van der Waals surface area contributed by atoms with Crippen LogP contribution >= 0.6 is 46.6 Å². The maximum absolute atomic E-state index is 13.2. The van der Waals surface area contributed by atoms with Crippen LogP contribution in [0.1, 0.15) is 43.7 Å². The summed E-state index contributed by atoms with van der Waals surface area (Å²) >= 11 is 20.1. The highest BCUT2D eigenvalue weighted by Gasteiger charge is 2.28. The second kappa shape index (κ2) is 12.2. The van der Waals surface area contributed by atoms with Crippen molar-refractivity contribution in [3.63, 3.8) is 0 Å². The molecule has 1 N–H and O–H groups in total. The van der Waals surface area contributed by atoms with E-state index in [0.717, 1.165) is 36.8 Å². The smallest absolute Gasteiger partial charge is 0.242 e. The largest absolute Gasteiger partial charge is 0.352 e. The molecule has 1 unspecified atom stereocenters. The van der Waals surface area contributed by atoms with E-state index in [9.17, 15) is 9.59 Å². The number of nitrogens with zero attached hydrogens (tertiary/aromatic N) is 1. The molecule has 0 bridgehead atoms. The highest BCUT2D eigenvalue weighted by Crippen LogP contribution is 2.25. The molecule has 0 saturated heterocycles. The molecule has 0 spiro atoms. The Morgan fingerprint density at radius 3 is 2.47 bits per heavy atom. The van der Waals surface area contributed by atoms with E-state index in [1.165, 1.54) is 11.8 Å². The first-order chi connectivity index (χ1) is 15.3. The van der Waals surface area contributed by atoms with E-state index in [1.54, 1.807) is 30.0 Å². The first-order valence-corrected chi connectivity index (χ1v) is 13.0. The summed E-state index contributed by atoms with van der Waals surface area (Å²) in [7, 11) is 0. The van der Waals surface area contributed by atoms with Crippen molar-refractivity contribution in [2.75, 3.05) is 5.75 Å². The number of benzene rings is 2. The van der Waals surface area contributed by atoms with E-state index in [1.807, 2.05) is 24.3 Å². The Balaban J connectivity index is 1.70. The molecule has 2 amide bonds. The van der Waals surface area contributed by atoms with Crippen LogP contribution in [0.3, 0.4) is 0 Å². The second-order valence-corrected chi connectivity index (χ2v) is 10.2. The number of amides is 2. The number of rotatable bonds is 9. The number of carbonyl (C=O) groups excluding carboxylic acids is 2. The first-order valence-electron chi connectivity index (χ1n) is 10.7. The predicted octanol–water partition coefficient (Wildman–Crippen LogP) is 6.36. The van der Waals surface area contributed by atoms with Crippen molar-refractivity contribution < 1.29 is 9.59 Å². The summed E-state index contributed by atoms with van der Waals surface area (Å²) in [5, 5.41) is 4.78. The summed E-state index contributed by atoms with van der Waals surface area (Å²) in [6, 6.07) is 12.3. The molecule has 1 atom stereocenters. The van der Waals surface area contributed by atoms with Gasteiger partial charge in [-0.2, -0.15) is 0 Å². The van der Waals surface area contributed by atoms with Crippen LogP contribution in [0.15, 0.2) is 42.5 Å². The van der Waals surface area contributed by atoms with E-state index in [-0.39, 0.29) is 30.2 Å². The standard InChI is InChI=1S/C24H27Cl3N2O2S/c1-16(24(31)28-20-7-3-4-8-20)29(13-17-10-11-19(25)12-22(17)27)23(30)15-32-14-18-6-2-5-9-21(18)26/h2,5-6,9-12,16,20H,3-4,7-8,13-15H2,1H3,(H,28,31). The topological polar surface area (TPSA) is 49.4 Å². The van der Waals surface area contributed by atoms with Crippen LogP contribution in [-0.4, -0.2) is 34.6 Å². The number of nitrogens with one attached hydrogen (secondary N) is 1. The molecule has 0 aliphatic heterocycles. The molecule has 1 aliphatic carbocycles. The number of hydrogen-bond acceptors (Lipinski definition) is 3. The molecule has 0 heterocycles. The zero-order valence-corrected chi connectivity index (χ0v) is 21.0. The van der Waals surface area contributed by atoms with Gasteiger partial charge in [-0.05, 0) is 49.1 Å².